The number of allylic oxidation sites excluding steroid dienone is 24. The van der Waals surface area contributed by atoms with Gasteiger partial charge < -0.3 is 33.8 Å². The van der Waals surface area contributed by atoms with E-state index in [1.807, 2.05) is 0 Å². The smallest absolute Gasteiger partial charge is 0.462 e. The summed E-state index contributed by atoms with van der Waals surface area (Å²) in [5, 5.41) is 10.6. The van der Waals surface area contributed by atoms with Crippen LogP contribution in [0.4, 0.5) is 0 Å². The van der Waals surface area contributed by atoms with E-state index in [1.165, 1.54) is 38.5 Å². The van der Waals surface area contributed by atoms with Crippen LogP contribution in [0.25, 0.3) is 0 Å². The van der Waals surface area contributed by atoms with Crippen LogP contribution >= 0.6 is 15.6 Å². The molecule has 594 valence electrons. The second-order valence-electron chi connectivity index (χ2n) is 26.2. The Labute approximate surface area is 630 Å². The van der Waals surface area contributed by atoms with Crippen molar-refractivity contribution >= 4 is 39.5 Å². The van der Waals surface area contributed by atoms with E-state index >= 15 is 0 Å². The molecule has 17 nitrogen and oxygen atoms in total. The van der Waals surface area contributed by atoms with Gasteiger partial charge in [0.1, 0.15) is 19.3 Å². The monoisotopic (exact) mass is 1500 g/mol. The molecule has 0 aromatic rings. The van der Waals surface area contributed by atoms with Gasteiger partial charge in [0.15, 0.2) is 12.2 Å². The molecule has 0 amide bonds. The molecule has 5 atom stereocenters. The number of hydrogen-bond acceptors (Lipinski definition) is 15. The predicted octanol–water partition coefficient (Wildman–Crippen LogP) is 23.4. The molecule has 19 heteroatoms. The first-order valence-corrected chi connectivity index (χ1v) is 43.1. The van der Waals surface area contributed by atoms with Crippen LogP contribution < -0.4 is 0 Å². The van der Waals surface area contributed by atoms with Crippen LogP contribution in [0.3, 0.4) is 0 Å². The summed E-state index contributed by atoms with van der Waals surface area (Å²) < 4.78 is 68.6. The third-order valence-corrected chi connectivity index (χ3v) is 18.2. The van der Waals surface area contributed by atoms with Gasteiger partial charge in [-0.2, -0.15) is 0 Å². The summed E-state index contributed by atoms with van der Waals surface area (Å²) in [6.07, 6.45) is 86.8. The minimum absolute atomic E-state index is 0.0327. The Hall–Kier alpha value is -5.06. The quantitative estimate of drug-likeness (QED) is 0.0169. The van der Waals surface area contributed by atoms with Crippen molar-refractivity contribution in [1.82, 2.24) is 0 Å². The van der Waals surface area contributed by atoms with E-state index in [4.69, 9.17) is 37.0 Å². The van der Waals surface area contributed by atoms with Gasteiger partial charge in [-0.05, 0) is 161 Å². The van der Waals surface area contributed by atoms with Gasteiger partial charge in [-0.3, -0.25) is 37.3 Å². The van der Waals surface area contributed by atoms with Crippen molar-refractivity contribution in [2.24, 2.45) is 0 Å². The minimum atomic E-state index is -5.00. The van der Waals surface area contributed by atoms with E-state index < -0.39 is 97.5 Å². The Bertz CT molecular complexity index is 2540. The SMILES string of the molecule is CC/C=C\C/C=C\C/C=C\C/C=C\CCCCCCC(=O)OCC(COP(=O)(O)OCC(O)COP(=O)(O)OCC(COC(=O)CCCCCCCCC/C=C\C/C=C\C/C=C\CC)OC(=O)CCCCCCC/C=C\CCCCCCCC)OC(=O)CCCC/C=C\C/C=C\C/C=C\C/C=C\CC. The first-order chi connectivity index (χ1) is 50.7. The molecule has 0 radical (unpaired) electrons. The molecule has 0 aliphatic rings. The molecule has 0 saturated heterocycles. The summed E-state index contributed by atoms with van der Waals surface area (Å²) >= 11 is 0. The molecule has 0 aliphatic heterocycles. The van der Waals surface area contributed by atoms with Gasteiger partial charge in [-0.1, -0.05) is 270 Å². The van der Waals surface area contributed by atoms with Crippen LogP contribution in [0, 0.1) is 0 Å². The summed E-state index contributed by atoms with van der Waals surface area (Å²) in [7, 11) is -9.99. The van der Waals surface area contributed by atoms with Crippen molar-refractivity contribution in [2.45, 2.75) is 329 Å². The standard InChI is InChI=1S/C85H142O17P2/c1-5-9-13-17-21-25-29-33-37-39-43-45-49-53-57-61-65-69-82(87)95-75-80(101-84(89)71-67-63-59-55-51-47-41-35-31-27-23-19-15-11-7-3)77-99-103(91,92)97-73-79(86)74-98-104(93,94)100-78-81(102-85(90)72-68-64-60-56-52-48-42-36-32-28-24-20-16-12-8-4)76-96-83(88)70-66-62-58-54-50-46-44-40-38-34-30-26-22-18-14-10-6-2/h9-11,13-15,21-23,25-27,33-38,41-43,45,51,55,79-81,86H,5-8,12,16-20,24,28-32,39-40,44,46-50,52-54,56-78H2,1-4H3,(H,91,92)(H,93,94)/b13-9-,14-10-,15-11-,25-21-,26-22-,27-23-,37-33-,38-34-,41-35-,42-36-,45-43-,55-51-. The van der Waals surface area contributed by atoms with Crippen molar-refractivity contribution in [3.05, 3.63) is 146 Å². The molecule has 5 unspecified atom stereocenters. The predicted molar refractivity (Wildman–Crippen MR) is 427 cm³/mol. The normalized spacial score (nSPS) is 14.6. The number of carbonyl (C=O) groups is 4. The van der Waals surface area contributed by atoms with Gasteiger partial charge in [0.25, 0.3) is 0 Å². The third kappa shape index (κ3) is 75.2. The molecule has 0 bridgehead atoms. The molecule has 104 heavy (non-hydrogen) atoms. The van der Waals surface area contributed by atoms with Crippen molar-refractivity contribution < 1.29 is 80.2 Å². The zero-order valence-electron chi connectivity index (χ0n) is 64.9. The fourth-order valence-corrected chi connectivity index (χ4v) is 11.8. The Kier molecular flexibility index (Phi) is 72.4. The molecule has 0 aliphatic carbocycles. The topological polar surface area (TPSA) is 237 Å². The number of carbonyl (C=O) groups excluding carboxylic acids is 4. The van der Waals surface area contributed by atoms with Crippen LogP contribution in [0.5, 0.6) is 0 Å². The lowest BCUT2D eigenvalue weighted by atomic mass is 10.1. The number of phosphoric acid groups is 2. The fraction of sp³-hybridized carbons (Fsp3) is 0.671. The third-order valence-electron chi connectivity index (χ3n) is 16.3. The molecule has 0 aromatic carbocycles. The van der Waals surface area contributed by atoms with Gasteiger partial charge in [0, 0.05) is 25.7 Å². The highest BCUT2D eigenvalue weighted by molar-refractivity contribution is 7.47. The van der Waals surface area contributed by atoms with Gasteiger partial charge in [0.2, 0.25) is 0 Å². The van der Waals surface area contributed by atoms with Crippen molar-refractivity contribution in [3.63, 3.8) is 0 Å². The van der Waals surface area contributed by atoms with E-state index in [0.29, 0.717) is 32.1 Å². The number of esters is 4. The number of aliphatic hydroxyl groups is 1. The molecule has 3 N–H and O–H groups in total. The molecule has 0 fully saturated rings. The number of aliphatic hydroxyl groups excluding tert-OH is 1. The average Bonchev–Trinajstić information content (AvgIpc) is 0.937. The Morgan fingerprint density at radius 2 is 0.500 bits per heavy atom. The lowest BCUT2D eigenvalue weighted by Crippen LogP contribution is -2.30. The summed E-state index contributed by atoms with van der Waals surface area (Å²) in [5.41, 5.74) is 0. The van der Waals surface area contributed by atoms with Gasteiger partial charge in [-0.15, -0.1) is 0 Å². The van der Waals surface area contributed by atoms with Gasteiger partial charge >= 0.3 is 39.5 Å². The second kappa shape index (κ2) is 76.1. The first kappa shape index (κ1) is 98.9. The van der Waals surface area contributed by atoms with E-state index in [2.05, 4.69) is 174 Å². The molecular formula is C85H142O17P2. The van der Waals surface area contributed by atoms with Gasteiger partial charge in [0.05, 0.1) is 26.4 Å². The van der Waals surface area contributed by atoms with Crippen LogP contribution in [-0.4, -0.2) is 96.7 Å². The summed E-state index contributed by atoms with van der Waals surface area (Å²) in [5.74, 6) is -2.27. The maximum absolute atomic E-state index is 13.1. The van der Waals surface area contributed by atoms with E-state index in [0.717, 1.165) is 186 Å². The highest BCUT2D eigenvalue weighted by atomic mass is 31.2. The van der Waals surface area contributed by atoms with E-state index in [1.54, 1.807) is 0 Å². The largest absolute Gasteiger partial charge is 0.472 e. The van der Waals surface area contributed by atoms with Crippen molar-refractivity contribution in [1.29, 1.82) is 0 Å². The molecule has 0 rings (SSSR count). The van der Waals surface area contributed by atoms with Crippen molar-refractivity contribution in [2.75, 3.05) is 39.6 Å². The second-order valence-corrected chi connectivity index (χ2v) is 29.1. The highest BCUT2D eigenvalue weighted by Gasteiger charge is 2.30. The number of hydrogen-bond donors (Lipinski definition) is 3. The average molecular weight is 1500 g/mol. The van der Waals surface area contributed by atoms with E-state index in [9.17, 15) is 43.2 Å². The van der Waals surface area contributed by atoms with Crippen molar-refractivity contribution in [3.8, 4) is 0 Å². The Morgan fingerprint density at radius 1 is 0.279 bits per heavy atom. The Morgan fingerprint density at radius 3 is 0.798 bits per heavy atom. The maximum Gasteiger partial charge on any atom is 0.472 e. The van der Waals surface area contributed by atoms with Gasteiger partial charge in [-0.25, -0.2) is 9.13 Å². The number of rotatable bonds is 74. The van der Waals surface area contributed by atoms with Crippen LogP contribution in [0.15, 0.2) is 146 Å². The minimum Gasteiger partial charge on any atom is -0.462 e. The lowest BCUT2D eigenvalue weighted by molar-refractivity contribution is -0.161. The van der Waals surface area contributed by atoms with E-state index in [-0.39, 0.29) is 25.7 Å². The summed E-state index contributed by atoms with van der Waals surface area (Å²) in [6, 6.07) is 0. The van der Waals surface area contributed by atoms with Crippen LogP contribution in [0.2, 0.25) is 0 Å². The lowest BCUT2D eigenvalue weighted by Gasteiger charge is -2.21. The molecule has 0 spiro atoms. The van der Waals surface area contributed by atoms with Crippen LogP contribution in [-0.2, 0) is 65.4 Å². The van der Waals surface area contributed by atoms with Crippen LogP contribution in [0.1, 0.15) is 310 Å². The Balaban J connectivity index is 5.43. The molecular weight excluding hydrogens is 1350 g/mol. The number of unbranched alkanes of at least 4 members (excludes halogenated alkanes) is 24. The fourth-order valence-electron chi connectivity index (χ4n) is 10.3. The summed E-state index contributed by atoms with van der Waals surface area (Å²) in [6.45, 7) is 4.44. The zero-order chi connectivity index (χ0) is 76.0. The molecule has 0 aromatic heterocycles. The zero-order valence-corrected chi connectivity index (χ0v) is 66.7. The molecule has 0 heterocycles. The highest BCUT2D eigenvalue weighted by Crippen LogP contribution is 2.45. The number of phosphoric ester groups is 2. The summed E-state index contributed by atoms with van der Waals surface area (Å²) in [4.78, 5) is 73.0. The molecule has 0 saturated carbocycles. The number of ether oxygens (including phenoxy) is 4. The maximum atomic E-state index is 13.1. The first-order valence-electron chi connectivity index (χ1n) is 40.1.